The Hall–Kier alpha value is -1.72. The molecule has 0 amide bonds. The predicted octanol–water partition coefficient (Wildman–Crippen LogP) is 4.52. The van der Waals surface area contributed by atoms with Gasteiger partial charge >= 0.3 is 0 Å². The Balaban J connectivity index is 1.97. The molecule has 1 aromatic carbocycles. The number of benzene rings is 1. The molecular weight excluding hydrogens is 324 g/mol. The van der Waals surface area contributed by atoms with Gasteiger partial charge in [0.2, 0.25) is 0 Å². The second-order valence-corrected chi connectivity index (χ2v) is 5.90. The summed E-state index contributed by atoms with van der Waals surface area (Å²) in [5.74, 6) is 0.890. The smallest absolute Gasteiger partial charge is 0.151 e. The Morgan fingerprint density at radius 3 is 2.79 bits per heavy atom. The number of rotatable bonds is 2. The molecule has 94 valence electrons. The van der Waals surface area contributed by atoms with Crippen LogP contribution >= 0.6 is 27.3 Å². The van der Waals surface area contributed by atoms with E-state index in [-0.39, 0.29) is 5.75 Å². The van der Waals surface area contributed by atoms with Crippen molar-refractivity contribution in [2.45, 2.75) is 0 Å². The number of thiophene rings is 1. The average Bonchev–Trinajstić information content (AvgIpc) is 2.76. The lowest BCUT2D eigenvalue weighted by atomic mass is 10.2. The Kier molecular flexibility index (Phi) is 3.31. The summed E-state index contributed by atoms with van der Waals surface area (Å²) in [4.78, 5) is 9.16. The molecule has 0 aliphatic heterocycles. The number of pyridine rings is 1. The van der Waals surface area contributed by atoms with Crippen LogP contribution in [-0.2, 0) is 0 Å². The van der Waals surface area contributed by atoms with Crippen LogP contribution in [0.5, 0.6) is 5.75 Å². The van der Waals surface area contributed by atoms with Crippen molar-refractivity contribution in [3.63, 3.8) is 0 Å². The number of hydrogen-bond donors (Lipinski definition) is 1. The van der Waals surface area contributed by atoms with Gasteiger partial charge in [-0.1, -0.05) is 12.1 Å². The number of halogens is 1. The Labute approximate surface area is 122 Å². The molecule has 0 radical (unpaired) electrons. The van der Waals surface area contributed by atoms with Crippen molar-refractivity contribution >= 4 is 49.4 Å². The monoisotopic (exact) mass is 332 g/mol. The van der Waals surface area contributed by atoms with Crippen LogP contribution in [0.2, 0.25) is 0 Å². The first-order valence-electron chi connectivity index (χ1n) is 5.60. The van der Waals surface area contributed by atoms with Crippen LogP contribution in [-0.4, -0.2) is 16.3 Å². The molecule has 5 heteroatoms. The first kappa shape index (κ1) is 12.3. The van der Waals surface area contributed by atoms with Crippen LogP contribution in [0, 0.1) is 0 Å². The van der Waals surface area contributed by atoms with E-state index in [0.29, 0.717) is 5.82 Å². The first-order valence-corrected chi connectivity index (χ1v) is 7.21. The number of fused-ring (bicyclic) bond motifs is 1. The summed E-state index contributed by atoms with van der Waals surface area (Å²) in [6.45, 7) is 0. The van der Waals surface area contributed by atoms with Crippen LogP contribution in [0.4, 0.5) is 5.82 Å². The van der Waals surface area contributed by atoms with Gasteiger partial charge in [-0.15, -0.1) is 11.3 Å². The SMILES string of the molecule is Oc1c(C=Nc2ccc(Br)cn2)sc2ccccc12. The molecule has 3 aromatic rings. The lowest BCUT2D eigenvalue weighted by molar-refractivity contribution is 0.483. The van der Waals surface area contributed by atoms with Crippen LogP contribution in [0.15, 0.2) is 52.1 Å². The number of aliphatic imine (C=N–C) groups is 1. The van der Waals surface area contributed by atoms with Gasteiger partial charge in [-0.05, 0) is 40.2 Å². The molecular formula is C14H9BrN2OS. The second-order valence-electron chi connectivity index (χ2n) is 3.90. The molecule has 2 heterocycles. The minimum absolute atomic E-state index is 0.279. The maximum atomic E-state index is 10.1. The zero-order valence-electron chi connectivity index (χ0n) is 9.75. The average molecular weight is 333 g/mol. The molecule has 0 spiro atoms. The predicted molar refractivity (Wildman–Crippen MR) is 82.7 cm³/mol. The third-order valence-corrected chi connectivity index (χ3v) is 4.19. The van der Waals surface area contributed by atoms with Crippen molar-refractivity contribution in [3.05, 3.63) is 51.9 Å². The molecule has 19 heavy (non-hydrogen) atoms. The Morgan fingerprint density at radius 2 is 2.05 bits per heavy atom. The van der Waals surface area contributed by atoms with E-state index in [9.17, 15) is 5.11 Å². The Morgan fingerprint density at radius 1 is 1.21 bits per heavy atom. The molecule has 0 aliphatic rings. The molecule has 0 fully saturated rings. The zero-order valence-corrected chi connectivity index (χ0v) is 12.1. The molecule has 0 bridgehead atoms. The highest BCUT2D eigenvalue weighted by Gasteiger charge is 2.08. The van der Waals surface area contributed by atoms with Crippen molar-refractivity contribution < 1.29 is 5.11 Å². The van der Waals surface area contributed by atoms with Gasteiger partial charge in [0.25, 0.3) is 0 Å². The van der Waals surface area contributed by atoms with Gasteiger partial charge in [0.15, 0.2) is 5.82 Å². The van der Waals surface area contributed by atoms with E-state index in [0.717, 1.165) is 19.4 Å². The zero-order chi connectivity index (χ0) is 13.2. The maximum Gasteiger partial charge on any atom is 0.151 e. The lowest BCUT2D eigenvalue weighted by Gasteiger charge is -1.93. The largest absolute Gasteiger partial charge is 0.506 e. The number of aromatic hydroxyl groups is 1. The van der Waals surface area contributed by atoms with Gasteiger partial charge in [-0.3, -0.25) is 0 Å². The molecule has 3 rings (SSSR count). The van der Waals surface area contributed by atoms with Gasteiger partial charge in [0.05, 0.1) is 11.1 Å². The quantitative estimate of drug-likeness (QED) is 0.701. The van der Waals surface area contributed by atoms with E-state index in [4.69, 9.17) is 0 Å². The molecule has 3 nitrogen and oxygen atoms in total. The molecule has 0 atom stereocenters. The highest BCUT2D eigenvalue weighted by atomic mass is 79.9. The molecule has 0 unspecified atom stereocenters. The molecule has 0 saturated carbocycles. The van der Waals surface area contributed by atoms with Gasteiger partial charge in [-0.2, -0.15) is 0 Å². The third-order valence-electron chi connectivity index (χ3n) is 2.62. The summed E-state index contributed by atoms with van der Waals surface area (Å²) in [7, 11) is 0. The highest BCUT2D eigenvalue weighted by Crippen LogP contribution is 2.35. The van der Waals surface area contributed by atoms with Crippen molar-refractivity contribution in [2.75, 3.05) is 0 Å². The van der Waals surface area contributed by atoms with Gasteiger partial charge in [0.1, 0.15) is 5.75 Å². The second kappa shape index (κ2) is 5.11. The minimum Gasteiger partial charge on any atom is -0.506 e. The number of hydrogen-bond acceptors (Lipinski definition) is 4. The van der Waals surface area contributed by atoms with Crippen molar-refractivity contribution in [1.82, 2.24) is 4.98 Å². The molecule has 1 N–H and O–H groups in total. The molecule has 0 saturated heterocycles. The highest BCUT2D eigenvalue weighted by molar-refractivity contribution is 9.10. The van der Waals surface area contributed by atoms with Crippen LogP contribution < -0.4 is 0 Å². The van der Waals surface area contributed by atoms with E-state index in [1.54, 1.807) is 12.4 Å². The minimum atomic E-state index is 0.279. The Bertz CT molecular complexity index is 750. The fourth-order valence-electron chi connectivity index (χ4n) is 1.71. The van der Waals surface area contributed by atoms with Gasteiger partial charge in [0, 0.05) is 20.8 Å². The third kappa shape index (κ3) is 2.52. The van der Waals surface area contributed by atoms with Crippen LogP contribution in [0.3, 0.4) is 0 Å². The molecule has 0 aliphatic carbocycles. The standard InChI is InChI=1S/C14H9BrN2OS/c15-9-5-6-13(16-7-9)17-8-12-14(18)10-3-1-2-4-11(10)19-12/h1-8,18H. The summed E-state index contributed by atoms with van der Waals surface area (Å²) >= 11 is 4.83. The lowest BCUT2D eigenvalue weighted by Crippen LogP contribution is -1.77. The van der Waals surface area contributed by atoms with E-state index >= 15 is 0 Å². The van der Waals surface area contributed by atoms with Crippen molar-refractivity contribution in [3.8, 4) is 5.75 Å². The van der Waals surface area contributed by atoms with Gasteiger partial charge in [-0.25, -0.2) is 9.98 Å². The van der Waals surface area contributed by atoms with Crippen molar-refractivity contribution in [1.29, 1.82) is 0 Å². The summed E-state index contributed by atoms with van der Waals surface area (Å²) in [5.41, 5.74) is 0. The summed E-state index contributed by atoms with van der Waals surface area (Å²) in [6.07, 6.45) is 3.34. The van der Waals surface area contributed by atoms with Crippen molar-refractivity contribution in [2.24, 2.45) is 4.99 Å². The fraction of sp³-hybridized carbons (Fsp3) is 0. The van der Waals surface area contributed by atoms with Crippen LogP contribution in [0.1, 0.15) is 4.88 Å². The van der Waals surface area contributed by atoms with E-state index in [1.807, 2.05) is 36.4 Å². The summed E-state index contributed by atoms with van der Waals surface area (Å²) < 4.78 is 1.96. The van der Waals surface area contributed by atoms with E-state index < -0.39 is 0 Å². The number of aromatic nitrogens is 1. The molecule has 2 aromatic heterocycles. The van der Waals surface area contributed by atoms with E-state index in [2.05, 4.69) is 25.9 Å². The topological polar surface area (TPSA) is 45.5 Å². The van der Waals surface area contributed by atoms with E-state index in [1.165, 1.54) is 11.3 Å². The summed E-state index contributed by atoms with van der Waals surface area (Å²) in [5, 5.41) is 11.0. The normalized spacial score (nSPS) is 11.4. The van der Waals surface area contributed by atoms with Crippen LogP contribution in [0.25, 0.3) is 10.1 Å². The first-order chi connectivity index (χ1) is 9.24. The fourth-order valence-corrected chi connectivity index (χ4v) is 2.91. The number of nitrogens with zero attached hydrogens (tertiary/aromatic N) is 2. The maximum absolute atomic E-state index is 10.1. The van der Waals surface area contributed by atoms with Gasteiger partial charge < -0.3 is 5.11 Å². The summed E-state index contributed by atoms with van der Waals surface area (Å²) in [6, 6.07) is 11.4.